The molecule has 2 heteroatoms. The maximum absolute atomic E-state index is 3.80. The highest BCUT2D eigenvalue weighted by molar-refractivity contribution is 7.77. The van der Waals surface area contributed by atoms with Crippen molar-refractivity contribution in [3.05, 3.63) is 0 Å². The van der Waals surface area contributed by atoms with Crippen LogP contribution in [0.5, 0.6) is 0 Å². The van der Waals surface area contributed by atoms with E-state index >= 15 is 0 Å². The third kappa shape index (κ3) is 41.3. The first-order chi connectivity index (χ1) is 1.73. The molecule has 4 heavy (non-hydrogen) atoms. The largest absolute Gasteiger partial charge is 0.259 e. The fraction of sp³-hybridized carbons (Fsp3) is 1.00. The molecule has 0 N–H and O–H groups in total. The molecule has 0 aliphatic heterocycles. The summed E-state index contributed by atoms with van der Waals surface area (Å²) in [5.41, 5.74) is 0. The lowest BCUT2D eigenvalue weighted by atomic mass is 11.3. The van der Waals surface area contributed by atoms with Crippen molar-refractivity contribution in [1.29, 1.82) is 0 Å². The van der Waals surface area contributed by atoms with E-state index in [4.69, 9.17) is 0 Å². The van der Waals surface area contributed by atoms with Crippen molar-refractivity contribution < 1.29 is 0 Å². The summed E-state index contributed by atoms with van der Waals surface area (Å²) in [5, 5.41) is 0. The summed E-state index contributed by atoms with van der Waals surface area (Å²) in [7, 11) is 3.73. The highest BCUT2D eigenvalue weighted by Gasteiger charge is 1.59. The second-order valence-electron chi connectivity index (χ2n) is 0.847. The van der Waals surface area contributed by atoms with Gasteiger partial charge in [-0.25, -0.2) is 0 Å². The van der Waals surface area contributed by atoms with Gasteiger partial charge in [0.05, 0.1) is 0 Å². The van der Waals surface area contributed by atoms with Crippen LogP contribution in [-0.4, -0.2) is 18.4 Å². The average molecular weight is 77.2 g/mol. The quantitative estimate of drug-likeness (QED) is 0.409. The van der Waals surface area contributed by atoms with Gasteiger partial charge in [-0.2, -0.15) is 0 Å². The Balaban J connectivity index is 2.32. The molecule has 0 fully saturated rings. The molecule has 0 aliphatic rings. The Hall–Kier alpha value is 0.310. The van der Waals surface area contributed by atoms with E-state index < -0.39 is 0 Å². The average Bonchev–Trinajstić information content (AvgIpc) is 0.811. The van der Waals surface area contributed by atoms with Gasteiger partial charge in [0, 0.05) is 0 Å². The zero-order valence-corrected chi connectivity index (χ0v) is 3.79. The van der Waals surface area contributed by atoms with Gasteiger partial charge in [-0.05, 0) is 14.1 Å². The first-order valence-corrected chi connectivity index (χ1v) is 1.49. The molecule has 0 aromatic heterocycles. The Labute approximate surface area is 32.2 Å². The van der Waals surface area contributed by atoms with Gasteiger partial charge in [-0.3, -0.25) is 4.31 Å². The Morgan fingerprint density at radius 3 is 1.50 bits per heavy atom. The van der Waals surface area contributed by atoms with Crippen molar-refractivity contribution in [2.75, 3.05) is 14.1 Å². The van der Waals surface area contributed by atoms with Gasteiger partial charge in [0.25, 0.3) is 0 Å². The second-order valence-corrected chi connectivity index (χ2v) is 1.65. The van der Waals surface area contributed by atoms with Crippen LogP contribution in [-0.2, 0) is 0 Å². The molecule has 0 atom stereocenters. The number of nitrogens with zero attached hydrogens (tertiary/aromatic N) is 1. The van der Waals surface area contributed by atoms with Gasteiger partial charge < -0.3 is 0 Å². The van der Waals surface area contributed by atoms with Gasteiger partial charge in [0.1, 0.15) is 0 Å². The molecule has 0 saturated heterocycles. The highest BCUT2D eigenvalue weighted by atomic mass is 32.1. The van der Waals surface area contributed by atoms with Gasteiger partial charge >= 0.3 is 0 Å². The molecule has 0 radical (unpaired) electrons. The molecule has 1 nitrogen and oxygen atoms in total. The Morgan fingerprint density at radius 2 is 1.50 bits per heavy atom. The Morgan fingerprint density at radius 1 is 1.50 bits per heavy atom. The molecule has 0 aromatic carbocycles. The van der Waals surface area contributed by atoms with E-state index in [0.29, 0.717) is 0 Å². The normalized spacial score (nSPS) is 9.00. The minimum Gasteiger partial charge on any atom is -0.259 e. The van der Waals surface area contributed by atoms with Crippen LogP contribution in [0.1, 0.15) is 0 Å². The van der Waals surface area contributed by atoms with Gasteiger partial charge in [0.15, 0.2) is 0 Å². The zero-order chi connectivity index (χ0) is 3.58. The highest BCUT2D eigenvalue weighted by Crippen LogP contribution is 1.69. The zero-order valence-electron chi connectivity index (χ0n) is 2.89. The fourth-order valence-electron chi connectivity index (χ4n) is 0. The van der Waals surface area contributed by atoms with E-state index in [9.17, 15) is 0 Å². The van der Waals surface area contributed by atoms with Crippen LogP contribution in [0.15, 0.2) is 0 Å². The maximum atomic E-state index is 3.80. The molecule has 0 aromatic rings. The van der Waals surface area contributed by atoms with Crippen LogP contribution in [0.25, 0.3) is 0 Å². The van der Waals surface area contributed by atoms with E-state index in [1.807, 2.05) is 14.1 Å². The third-order valence-electron chi connectivity index (χ3n) is 0. The topological polar surface area (TPSA) is 3.24 Å². The molecule has 0 saturated carbocycles. The third-order valence-corrected chi connectivity index (χ3v) is 0. The predicted molar refractivity (Wildman–Crippen MR) is 22.7 cm³/mol. The first-order valence-electron chi connectivity index (χ1n) is 1.09. The number of rotatable bonds is 0. The first kappa shape index (κ1) is 4.31. The summed E-state index contributed by atoms with van der Waals surface area (Å²) < 4.78 is 1.69. The van der Waals surface area contributed by atoms with E-state index in [2.05, 4.69) is 12.8 Å². The molecular weight excluding hydrogens is 70.1 g/mol. The minimum absolute atomic E-state index is 1.69. The number of thiol groups is 1. The van der Waals surface area contributed by atoms with E-state index in [0.717, 1.165) is 0 Å². The fourth-order valence-corrected chi connectivity index (χ4v) is 0. The smallest absolute Gasteiger partial charge is 0.00309 e. The number of hydrogen-bond acceptors (Lipinski definition) is 2. The van der Waals surface area contributed by atoms with Crippen LogP contribution in [0.2, 0.25) is 0 Å². The SMILES string of the molecule is CN(C)S. The lowest BCUT2D eigenvalue weighted by Crippen LogP contribution is -1.89. The van der Waals surface area contributed by atoms with Gasteiger partial charge in [-0.15, -0.1) is 0 Å². The van der Waals surface area contributed by atoms with Crippen LogP contribution in [0.3, 0.4) is 0 Å². The molecular formula is C2H7NS. The van der Waals surface area contributed by atoms with E-state index in [-0.39, 0.29) is 0 Å². The predicted octanol–water partition coefficient (Wildman–Crippen LogP) is 0.393. The monoisotopic (exact) mass is 77.0 g/mol. The Kier molecular flexibility index (Phi) is 1.74. The summed E-state index contributed by atoms with van der Waals surface area (Å²) in [4.78, 5) is 0. The van der Waals surface area contributed by atoms with Crippen LogP contribution in [0, 0.1) is 0 Å². The number of hydrogen-bond donors (Lipinski definition) is 1. The van der Waals surface area contributed by atoms with Gasteiger partial charge in [0.2, 0.25) is 0 Å². The summed E-state index contributed by atoms with van der Waals surface area (Å²) in [6.07, 6.45) is 0. The molecule has 0 unspecified atom stereocenters. The second kappa shape index (κ2) is 1.61. The molecule has 0 spiro atoms. The lowest BCUT2D eigenvalue weighted by molar-refractivity contribution is 0.714. The van der Waals surface area contributed by atoms with Crippen LogP contribution in [0.4, 0.5) is 0 Å². The summed E-state index contributed by atoms with van der Waals surface area (Å²) in [6.45, 7) is 0. The molecule has 0 bridgehead atoms. The molecule has 0 amide bonds. The van der Waals surface area contributed by atoms with E-state index in [1.54, 1.807) is 4.31 Å². The van der Waals surface area contributed by atoms with Crippen molar-refractivity contribution in [3.8, 4) is 0 Å². The van der Waals surface area contributed by atoms with Crippen molar-refractivity contribution in [2.45, 2.75) is 0 Å². The summed E-state index contributed by atoms with van der Waals surface area (Å²) in [5.74, 6) is 0. The lowest BCUT2D eigenvalue weighted by Gasteiger charge is -1.88. The molecule has 0 heterocycles. The Bertz CT molecular complexity index is 10.8. The van der Waals surface area contributed by atoms with Crippen molar-refractivity contribution in [1.82, 2.24) is 4.31 Å². The molecule has 0 aliphatic carbocycles. The van der Waals surface area contributed by atoms with E-state index in [1.165, 1.54) is 0 Å². The van der Waals surface area contributed by atoms with Crippen molar-refractivity contribution in [3.63, 3.8) is 0 Å². The summed E-state index contributed by atoms with van der Waals surface area (Å²) in [6, 6.07) is 0. The van der Waals surface area contributed by atoms with Gasteiger partial charge in [-0.1, -0.05) is 12.8 Å². The maximum Gasteiger partial charge on any atom is -0.00309 e. The van der Waals surface area contributed by atoms with Crippen LogP contribution < -0.4 is 0 Å². The molecule has 0 rings (SSSR count). The standard InChI is InChI=1S/C2H7NS/c1-3(2)4/h4H,1-2H3. The van der Waals surface area contributed by atoms with Crippen molar-refractivity contribution in [2.24, 2.45) is 0 Å². The molecule has 26 valence electrons. The van der Waals surface area contributed by atoms with Crippen molar-refractivity contribution >= 4 is 12.8 Å². The minimum atomic E-state index is 1.69. The van der Waals surface area contributed by atoms with Crippen LogP contribution >= 0.6 is 12.8 Å². The summed E-state index contributed by atoms with van der Waals surface area (Å²) >= 11 is 3.80.